The van der Waals surface area contributed by atoms with E-state index in [2.05, 4.69) is 10.6 Å². The van der Waals surface area contributed by atoms with Crippen LogP contribution in [0.4, 0.5) is 5.69 Å². The highest BCUT2D eigenvalue weighted by Gasteiger charge is 2.23. The van der Waals surface area contributed by atoms with E-state index >= 15 is 0 Å². The lowest BCUT2D eigenvalue weighted by atomic mass is 10.0. The third-order valence-corrected chi connectivity index (χ3v) is 3.62. The van der Waals surface area contributed by atoms with Crippen molar-refractivity contribution in [3.05, 3.63) is 48.0 Å². The zero-order chi connectivity index (χ0) is 15.7. The minimum absolute atomic E-state index is 0.119. The number of amides is 2. The third-order valence-electron chi connectivity index (χ3n) is 3.62. The van der Waals surface area contributed by atoms with Crippen molar-refractivity contribution in [1.29, 1.82) is 0 Å². The topological polar surface area (TPSA) is 67.4 Å². The molecule has 1 aliphatic heterocycles. The first-order chi connectivity index (χ1) is 10.6. The van der Waals surface area contributed by atoms with Gasteiger partial charge >= 0.3 is 0 Å². The monoisotopic (exact) mass is 296 g/mol. The highest BCUT2D eigenvalue weighted by atomic mass is 16.5. The average Bonchev–Trinajstić information content (AvgIpc) is 2.55. The number of carbonyl (C=O) groups is 2. The van der Waals surface area contributed by atoms with Crippen molar-refractivity contribution < 1.29 is 14.3 Å². The van der Waals surface area contributed by atoms with Crippen LogP contribution in [0.1, 0.15) is 17.3 Å². The average molecular weight is 296 g/mol. The number of anilines is 1. The second-order valence-electron chi connectivity index (χ2n) is 5.12. The van der Waals surface area contributed by atoms with E-state index in [1.165, 1.54) is 0 Å². The highest BCUT2D eigenvalue weighted by molar-refractivity contribution is 5.98. The molecule has 112 valence electrons. The third kappa shape index (κ3) is 2.53. The molecule has 0 bridgehead atoms. The maximum absolute atomic E-state index is 11.7. The first-order valence-corrected chi connectivity index (χ1v) is 7.02. The summed E-state index contributed by atoms with van der Waals surface area (Å²) in [5, 5.41) is 5.42. The van der Waals surface area contributed by atoms with Gasteiger partial charge in [-0.05, 0) is 42.3 Å². The first kappa shape index (κ1) is 14.1. The molecule has 2 N–H and O–H groups in total. The van der Waals surface area contributed by atoms with Crippen LogP contribution in [-0.4, -0.2) is 25.0 Å². The number of carbonyl (C=O) groups excluding carboxylic acids is 2. The number of nitrogens with one attached hydrogen (secondary N) is 2. The maximum atomic E-state index is 11.7. The van der Waals surface area contributed by atoms with E-state index in [0.29, 0.717) is 17.0 Å². The van der Waals surface area contributed by atoms with Gasteiger partial charge in [-0.15, -0.1) is 0 Å². The molecule has 0 aliphatic carbocycles. The summed E-state index contributed by atoms with van der Waals surface area (Å²) < 4.78 is 5.54. The molecule has 1 heterocycles. The van der Waals surface area contributed by atoms with Gasteiger partial charge in [0.15, 0.2) is 6.10 Å². The standard InChI is InChI=1S/C17H16N2O3/c1-10-16(20)19-14-9-13(7-8-15(14)22-10)11-3-5-12(6-4-11)17(21)18-2/h3-10H,1-2H3,(H,18,21)(H,19,20). The van der Waals surface area contributed by atoms with Crippen molar-refractivity contribution in [2.24, 2.45) is 0 Å². The van der Waals surface area contributed by atoms with Gasteiger partial charge < -0.3 is 15.4 Å². The van der Waals surface area contributed by atoms with Crippen molar-refractivity contribution in [3.63, 3.8) is 0 Å². The summed E-state index contributed by atoms with van der Waals surface area (Å²) in [6, 6.07) is 12.9. The molecule has 2 aromatic rings. The number of ether oxygens (including phenoxy) is 1. The van der Waals surface area contributed by atoms with Crippen molar-refractivity contribution >= 4 is 17.5 Å². The van der Waals surface area contributed by atoms with Gasteiger partial charge in [0, 0.05) is 12.6 Å². The Bertz CT molecular complexity index is 738. The molecule has 5 nitrogen and oxygen atoms in total. The van der Waals surface area contributed by atoms with Crippen molar-refractivity contribution in [2.75, 3.05) is 12.4 Å². The van der Waals surface area contributed by atoms with Crippen LogP contribution in [0.2, 0.25) is 0 Å². The zero-order valence-corrected chi connectivity index (χ0v) is 12.3. The Balaban J connectivity index is 1.91. The van der Waals surface area contributed by atoms with Crippen LogP contribution in [0.25, 0.3) is 11.1 Å². The largest absolute Gasteiger partial charge is 0.479 e. The molecule has 1 unspecified atom stereocenters. The number of fused-ring (bicyclic) bond motifs is 1. The molecule has 0 fully saturated rings. The Morgan fingerprint density at radius 1 is 1.14 bits per heavy atom. The second kappa shape index (κ2) is 5.52. The lowest BCUT2D eigenvalue weighted by molar-refractivity contribution is -0.122. The molecule has 2 aromatic carbocycles. The van der Waals surface area contributed by atoms with Crippen molar-refractivity contribution in [2.45, 2.75) is 13.0 Å². The van der Waals surface area contributed by atoms with Gasteiger partial charge in [0.05, 0.1) is 5.69 Å². The van der Waals surface area contributed by atoms with Crippen LogP contribution in [0.15, 0.2) is 42.5 Å². The summed E-state index contributed by atoms with van der Waals surface area (Å²) in [6.45, 7) is 1.71. The van der Waals surface area contributed by atoms with E-state index in [1.807, 2.05) is 30.3 Å². The quantitative estimate of drug-likeness (QED) is 0.894. The van der Waals surface area contributed by atoms with Gasteiger partial charge in [-0.1, -0.05) is 18.2 Å². The Kier molecular flexibility index (Phi) is 3.55. The van der Waals surface area contributed by atoms with Crippen molar-refractivity contribution in [1.82, 2.24) is 5.32 Å². The molecule has 3 rings (SSSR count). The minimum Gasteiger partial charge on any atom is -0.479 e. The lowest BCUT2D eigenvalue weighted by Crippen LogP contribution is -2.34. The fraction of sp³-hybridized carbons (Fsp3) is 0.176. The predicted octanol–water partition coefficient (Wildman–Crippen LogP) is 2.43. The lowest BCUT2D eigenvalue weighted by Gasteiger charge is -2.23. The number of hydrogen-bond donors (Lipinski definition) is 2. The molecular weight excluding hydrogens is 280 g/mol. The molecule has 0 radical (unpaired) electrons. The molecule has 2 amide bonds. The van der Waals surface area contributed by atoms with Gasteiger partial charge in [0.25, 0.3) is 11.8 Å². The van der Waals surface area contributed by atoms with Gasteiger partial charge in [0.1, 0.15) is 5.75 Å². The Hall–Kier alpha value is -2.82. The molecule has 1 atom stereocenters. The molecule has 0 spiro atoms. The molecule has 22 heavy (non-hydrogen) atoms. The van der Waals surface area contributed by atoms with E-state index in [0.717, 1.165) is 11.1 Å². The van der Waals surface area contributed by atoms with E-state index < -0.39 is 6.10 Å². The second-order valence-corrected chi connectivity index (χ2v) is 5.12. The fourth-order valence-electron chi connectivity index (χ4n) is 2.35. The highest BCUT2D eigenvalue weighted by Crippen LogP contribution is 2.34. The fourth-order valence-corrected chi connectivity index (χ4v) is 2.35. The Morgan fingerprint density at radius 2 is 1.82 bits per heavy atom. The normalized spacial score (nSPS) is 16.3. The Labute approximate surface area is 128 Å². The van der Waals surface area contributed by atoms with Crippen LogP contribution in [-0.2, 0) is 4.79 Å². The van der Waals surface area contributed by atoms with Crippen LogP contribution in [0.3, 0.4) is 0 Å². The maximum Gasteiger partial charge on any atom is 0.265 e. The van der Waals surface area contributed by atoms with Gasteiger partial charge in [0.2, 0.25) is 0 Å². The van der Waals surface area contributed by atoms with E-state index in [-0.39, 0.29) is 11.8 Å². The smallest absolute Gasteiger partial charge is 0.265 e. The van der Waals surface area contributed by atoms with Crippen molar-refractivity contribution in [3.8, 4) is 16.9 Å². The molecule has 0 aromatic heterocycles. The number of benzene rings is 2. The predicted molar refractivity (Wildman–Crippen MR) is 84.0 cm³/mol. The molecule has 0 saturated carbocycles. The van der Waals surface area contributed by atoms with Gasteiger partial charge in [-0.3, -0.25) is 9.59 Å². The summed E-state index contributed by atoms with van der Waals surface area (Å²) in [5.74, 6) is 0.393. The Morgan fingerprint density at radius 3 is 2.50 bits per heavy atom. The summed E-state index contributed by atoms with van der Waals surface area (Å²) in [7, 11) is 1.60. The molecule has 0 saturated heterocycles. The van der Waals surface area contributed by atoms with Crippen LogP contribution >= 0.6 is 0 Å². The van der Waals surface area contributed by atoms with Crippen LogP contribution in [0, 0.1) is 0 Å². The SMILES string of the molecule is CNC(=O)c1ccc(-c2ccc3c(c2)NC(=O)C(C)O3)cc1. The summed E-state index contributed by atoms with van der Waals surface area (Å²) in [4.78, 5) is 23.2. The van der Waals surface area contributed by atoms with E-state index in [4.69, 9.17) is 4.74 Å². The molecule has 1 aliphatic rings. The van der Waals surface area contributed by atoms with E-state index in [9.17, 15) is 9.59 Å². The first-order valence-electron chi connectivity index (χ1n) is 7.02. The van der Waals surface area contributed by atoms with Crippen LogP contribution < -0.4 is 15.4 Å². The molecular formula is C17H16N2O3. The summed E-state index contributed by atoms with van der Waals surface area (Å²) >= 11 is 0. The van der Waals surface area contributed by atoms with Gasteiger partial charge in [-0.2, -0.15) is 0 Å². The zero-order valence-electron chi connectivity index (χ0n) is 12.3. The summed E-state index contributed by atoms with van der Waals surface area (Å²) in [6.07, 6.45) is -0.481. The number of rotatable bonds is 2. The molecule has 5 heteroatoms. The minimum atomic E-state index is -0.481. The number of hydrogen-bond acceptors (Lipinski definition) is 3. The van der Waals surface area contributed by atoms with E-state index in [1.54, 1.807) is 26.1 Å². The van der Waals surface area contributed by atoms with Crippen LogP contribution in [0.5, 0.6) is 5.75 Å². The summed E-state index contributed by atoms with van der Waals surface area (Å²) in [5.41, 5.74) is 3.18. The van der Waals surface area contributed by atoms with Gasteiger partial charge in [-0.25, -0.2) is 0 Å².